The fraction of sp³-hybridized carbons (Fsp3) is 0.103. The number of benzene rings is 4. The van der Waals surface area contributed by atoms with Gasteiger partial charge in [-0.25, -0.2) is 0 Å². The number of anilines is 1. The smallest absolute Gasteiger partial charge is 0.0831 e. The Bertz CT molecular complexity index is 1230. The van der Waals surface area contributed by atoms with Crippen LogP contribution < -0.4 is 5.01 Å². The second kappa shape index (κ2) is 9.03. The van der Waals surface area contributed by atoms with Gasteiger partial charge in [-0.05, 0) is 47.9 Å². The standard InChI is InChI=1S/C29H25N3/c1-22-12-16-24(17-13-22)28-20-29(25-8-4-2-5-9-25)32(31-28)27-18-14-23(15-19-27)21-30-26-10-6-3-7-11-26/h2-19,21,29H,20H2,1H3. The molecule has 0 saturated heterocycles. The minimum Gasteiger partial charge on any atom is -0.257 e. The van der Waals surface area contributed by atoms with Crippen molar-refractivity contribution in [3.63, 3.8) is 0 Å². The highest BCUT2D eigenvalue weighted by Crippen LogP contribution is 2.36. The molecule has 32 heavy (non-hydrogen) atoms. The van der Waals surface area contributed by atoms with Gasteiger partial charge in [0.1, 0.15) is 0 Å². The lowest BCUT2D eigenvalue weighted by Gasteiger charge is -2.24. The van der Waals surface area contributed by atoms with Crippen molar-refractivity contribution in [2.45, 2.75) is 19.4 Å². The molecule has 0 N–H and O–H groups in total. The molecular weight excluding hydrogens is 390 g/mol. The molecule has 0 bridgehead atoms. The molecule has 156 valence electrons. The van der Waals surface area contributed by atoms with Crippen LogP contribution in [0.2, 0.25) is 0 Å². The van der Waals surface area contributed by atoms with Crippen LogP contribution in [0.1, 0.15) is 34.7 Å². The number of hydrogen-bond acceptors (Lipinski definition) is 3. The Balaban J connectivity index is 1.44. The summed E-state index contributed by atoms with van der Waals surface area (Å²) in [6.07, 6.45) is 2.78. The summed E-state index contributed by atoms with van der Waals surface area (Å²) in [7, 11) is 0. The Hall–Kier alpha value is -3.98. The molecular formula is C29H25N3. The number of hydrogen-bond donors (Lipinski definition) is 0. The van der Waals surface area contributed by atoms with Crippen LogP contribution in [0.25, 0.3) is 0 Å². The van der Waals surface area contributed by atoms with E-state index >= 15 is 0 Å². The third kappa shape index (κ3) is 4.37. The summed E-state index contributed by atoms with van der Waals surface area (Å²) >= 11 is 0. The molecule has 0 saturated carbocycles. The first-order chi connectivity index (χ1) is 15.8. The second-order valence-corrected chi connectivity index (χ2v) is 8.07. The number of hydrazone groups is 1. The number of aryl methyl sites for hydroxylation is 1. The van der Waals surface area contributed by atoms with Crippen LogP contribution in [0.5, 0.6) is 0 Å². The van der Waals surface area contributed by atoms with Gasteiger partial charge >= 0.3 is 0 Å². The van der Waals surface area contributed by atoms with E-state index < -0.39 is 0 Å². The number of para-hydroxylation sites is 1. The molecule has 3 heteroatoms. The van der Waals surface area contributed by atoms with E-state index in [-0.39, 0.29) is 6.04 Å². The predicted molar refractivity (Wildman–Crippen MR) is 134 cm³/mol. The van der Waals surface area contributed by atoms with E-state index in [0.29, 0.717) is 0 Å². The van der Waals surface area contributed by atoms with Gasteiger partial charge in [0.15, 0.2) is 0 Å². The second-order valence-electron chi connectivity index (χ2n) is 8.07. The summed E-state index contributed by atoms with van der Waals surface area (Å²) in [4.78, 5) is 4.56. The lowest BCUT2D eigenvalue weighted by Crippen LogP contribution is -2.18. The average molecular weight is 416 g/mol. The van der Waals surface area contributed by atoms with Gasteiger partial charge in [-0.3, -0.25) is 10.0 Å². The normalized spacial score (nSPS) is 15.8. The monoisotopic (exact) mass is 415 g/mol. The van der Waals surface area contributed by atoms with E-state index in [4.69, 9.17) is 5.10 Å². The van der Waals surface area contributed by atoms with Crippen molar-refractivity contribution >= 4 is 23.3 Å². The topological polar surface area (TPSA) is 28.0 Å². The molecule has 1 aliphatic heterocycles. The van der Waals surface area contributed by atoms with Gasteiger partial charge in [0.05, 0.1) is 23.1 Å². The molecule has 0 fully saturated rings. The minimum atomic E-state index is 0.177. The highest BCUT2D eigenvalue weighted by atomic mass is 15.5. The van der Waals surface area contributed by atoms with Crippen LogP contribution in [0.3, 0.4) is 0 Å². The van der Waals surface area contributed by atoms with Crippen molar-refractivity contribution in [3.8, 4) is 0 Å². The lowest BCUT2D eigenvalue weighted by atomic mass is 9.98. The molecule has 0 aliphatic carbocycles. The van der Waals surface area contributed by atoms with E-state index in [9.17, 15) is 0 Å². The van der Waals surface area contributed by atoms with Crippen LogP contribution in [0, 0.1) is 6.92 Å². The van der Waals surface area contributed by atoms with E-state index in [1.54, 1.807) is 0 Å². The van der Waals surface area contributed by atoms with Crippen LogP contribution in [-0.4, -0.2) is 11.9 Å². The van der Waals surface area contributed by atoms with Crippen molar-refractivity contribution < 1.29 is 0 Å². The van der Waals surface area contributed by atoms with Crippen molar-refractivity contribution in [3.05, 3.63) is 131 Å². The maximum absolute atomic E-state index is 5.06. The lowest BCUT2D eigenvalue weighted by molar-refractivity contribution is 0.709. The highest BCUT2D eigenvalue weighted by Gasteiger charge is 2.29. The largest absolute Gasteiger partial charge is 0.257 e. The Labute approximate surface area is 189 Å². The molecule has 1 unspecified atom stereocenters. The fourth-order valence-electron chi connectivity index (χ4n) is 3.98. The molecule has 0 radical (unpaired) electrons. The van der Waals surface area contributed by atoms with Crippen LogP contribution >= 0.6 is 0 Å². The van der Waals surface area contributed by atoms with E-state index in [0.717, 1.165) is 29.1 Å². The van der Waals surface area contributed by atoms with Gasteiger partial charge in [-0.15, -0.1) is 0 Å². The van der Waals surface area contributed by atoms with E-state index in [1.165, 1.54) is 16.7 Å². The Kier molecular flexibility index (Phi) is 5.63. The number of nitrogens with zero attached hydrogens (tertiary/aromatic N) is 3. The van der Waals surface area contributed by atoms with Gasteiger partial charge < -0.3 is 0 Å². The van der Waals surface area contributed by atoms with Crippen LogP contribution in [-0.2, 0) is 0 Å². The summed E-state index contributed by atoms with van der Waals surface area (Å²) in [6.45, 7) is 2.11. The predicted octanol–water partition coefficient (Wildman–Crippen LogP) is 7.10. The summed E-state index contributed by atoms with van der Waals surface area (Å²) in [5, 5.41) is 7.21. The first kappa shape index (κ1) is 20.0. The summed E-state index contributed by atoms with van der Waals surface area (Å²) in [5.74, 6) is 0. The van der Waals surface area contributed by atoms with Gasteiger partial charge in [0, 0.05) is 12.6 Å². The molecule has 1 atom stereocenters. The molecule has 5 rings (SSSR count). The SMILES string of the molecule is Cc1ccc(C2=NN(c3ccc(C=Nc4ccccc4)cc3)C(c3ccccc3)C2)cc1. The molecule has 4 aromatic carbocycles. The molecule has 3 nitrogen and oxygen atoms in total. The highest BCUT2D eigenvalue weighted by molar-refractivity contribution is 6.03. The molecule has 0 spiro atoms. The third-order valence-electron chi connectivity index (χ3n) is 5.76. The molecule has 4 aromatic rings. The van der Waals surface area contributed by atoms with Crippen molar-refractivity contribution in [1.29, 1.82) is 0 Å². The molecule has 0 aromatic heterocycles. The zero-order valence-electron chi connectivity index (χ0n) is 18.1. The third-order valence-corrected chi connectivity index (χ3v) is 5.76. The summed E-state index contributed by atoms with van der Waals surface area (Å²) < 4.78 is 0. The van der Waals surface area contributed by atoms with Gasteiger partial charge in [0.2, 0.25) is 0 Å². The fourth-order valence-corrected chi connectivity index (χ4v) is 3.98. The maximum Gasteiger partial charge on any atom is 0.0831 e. The Morgan fingerprint density at radius 3 is 2.12 bits per heavy atom. The maximum atomic E-state index is 5.06. The van der Waals surface area contributed by atoms with E-state index in [2.05, 4.69) is 95.8 Å². The van der Waals surface area contributed by atoms with Gasteiger partial charge in [-0.1, -0.05) is 90.5 Å². The minimum absolute atomic E-state index is 0.177. The first-order valence-electron chi connectivity index (χ1n) is 10.9. The van der Waals surface area contributed by atoms with Gasteiger partial charge in [0.25, 0.3) is 0 Å². The zero-order chi connectivity index (χ0) is 21.8. The van der Waals surface area contributed by atoms with Crippen molar-refractivity contribution in [2.75, 3.05) is 5.01 Å². The number of rotatable bonds is 5. The van der Waals surface area contributed by atoms with E-state index in [1.807, 2.05) is 36.5 Å². The van der Waals surface area contributed by atoms with Crippen LogP contribution in [0.4, 0.5) is 11.4 Å². The summed E-state index contributed by atoms with van der Waals surface area (Å²) in [5.41, 5.74) is 7.94. The van der Waals surface area contributed by atoms with Crippen LogP contribution in [0.15, 0.2) is 119 Å². The van der Waals surface area contributed by atoms with Gasteiger partial charge in [-0.2, -0.15) is 5.10 Å². The number of aliphatic imine (C=N–C) groups is 1. The first-order valence-corrected chi connectivity index (χ1v) is 10.9. The Morgan fingerprint density at radius 2 is 1.44 bits per heavy atom. The average Bonchev–Trinajstić information content (AvgIpc) is 3.30. The Morgan fingerprint density at radius 1 is 0.781 bits per heavy atom. The molecule has 1 aliphatic rings. The van der Waals surface area contributed by atoms with Crippen molar-refractivity contribution in [1.82, 2.24) is 0 Å². The quantitative estimate of drug-likeness (QED) is 0.319. The molecule has 1 heterocycles. The van der Waals surface area contributed by atoms with Crippen molar-refractivity contribution in [2.24, 2.45) is 10.1 Å². The zero-order valence-corrected chi connectivity index (χ0v) is 18.1. The summed E-state index contributed by atoms with van der Waals surface area (Å²) in [6, 6.07) is 37.9. The molecule has 0 amide bonds.